The van der Waals surface area contributed by atoms with Crippen LogP contribution in [0.5, 0.6) is 0 Å². The number of hydrogen-bond acceptors (Lipinski definition) is 5. The molecule has 33 heavy (non-hydrogen) atoms. The Morgan fingerprint density at radius 3 is 2.52 bits per heavy atom. The van der Waals surface area contributed by atoms with Crippen LogP contribution in [0.1, 0.15) is 30.4 Å². The largest absolute Gasteiger partial charge is 0.351 e. The summed E-state index contributed by atoms with van der Waals surface area (Å²) in [6.45, 7) is 2.41. The molecule has 2 aromatic carbocycles. The first-order valence-electron chi connectivity index (χ1n) is 10.9. The van der Waals surface area contributed by atoms with E-state index in [-0.39, 0.29) is 36.6 Å². The van der Waals surface area contributed by atoms with Crippen molar-refractivity contribution in [2.75, 3.05) is 13.2 Å². The number of sulfonamides is 1. The van der Waals surface area contributed by atoms with Crippen molar-refractivity contribution in [2.45, 2.75) is 49.9 Å². The Hall–Kier alpha value is -2.44. The van der Waals surface area contributed by atoms with E-state index in [0.29, 0.717) is 24.3 Å². The molecule has 2 fully saturated rings. The van der Waals surface area contributed by atoms with Crippen molar-refractivity contribution >= 4 is 27.5 Å². The van der Waals surface area contributed by atoms with Gasteiger partial charge in [-0.1, -0.05) is 41.4 Å². The van der Waals surface area contributed by atoms with Gasteiger partial charge in [-0.05, 0) is 56.0 Å². The molecule has 0 bridgehead atoms. The van der Waals surface area contributed by atoms with Crippen LogP contribution in [0.3, 0.4) is 0 Å². The molecule has 4 rings (SSSR count). The fourth-order valence-electron chi connectivity index (χ4n) is 4.41. The predicted octanol–water partition coefficient (Wildman–Crippen LogP) is 3.72. The van der Waals surface area contributed by atoms with E-state index in [1.807, 2.05) is 19.1 Å². The molecular formula is C24H26ClN3O4S. The number of nitrogens with zero attached hydrogens (tertiary/aromatic N) is 3. The summed E-state index contributed by atoms with van der Waals surface area (Å²) in [6.07, 6.45) is 0.731. The Morgan fingerprint density at radius 2 is 1.88 bits per heavy atom. The minimum atomic E-state index is -3.91. The zero-order valence-corrected chi connectivity index (χ0v) is 19.9. The number of aryl methyl sites for hydroxylation is 1. The van der Waals surface area contributed by atoms with E-state index in [0.717, 1.165) is 15.4 Å². The normalized spacial score (nSPS) is 23.4. The zero-order chi connectivity index (χ0) is 23.6. The molecule has 7 nitrogen and oxygen atoms in total. The SMILES string of the molecule is Cc1ccc(S(=O)(=O)N2CCO[C@@H]2C(=O)N(Cc2ccc(Cl)cc2)[C@@H]2CC[C@H](C#N)C2)cc1. The number of nitriles is 1. The van der Waals surface area contributed by atoms with Gasteiger partial charge in [0.05, 0.1) is 17.6 Å². The molecule has 9 heteroatoms. The van der Waals surface area contributed by atoms with Crippen LogP contribution >= 0.6 is 11.6 Å². The minimum Gasteiger partial charge on any atom is -0.351 e. The van der Waals surface area contributed by atoms with E-state index >= 15 is 0 Å². The van der Waals surface area contributed by atoms with Crippen LogP contribution in [0.4, 0.5) is 0 Å². The number of carbonyl (C=O) groups is 1. The number of halogens is 1. The summed E-state index contributed by atoms with van der Waals surface area (Å²) in [5.41, 5.74) is 1.82. The molecule has 2 aliphatic rings. The summed E-state index contributed by atoms with van der Waals surface area (Å²) in [6, 6.07) is 15.9. The fourth-order valence-corrected chi connectivity index (χ4v) is 6.01. The van der Waals surface area contributed by atoms with E-state index in [2.05, 4.69) is 6.07 Å². The number of ether oxygens (including phenoxy) is 1. The Bertz CT molecular complexity index is 1150. The van der Waals surface area contributed by atoms with E-state index < -0.39 is 22.2 Å². The van der Waals surface area contributed by atoms with Crippen LogP contribution in [-0.2, 0) is 26.1 Å². The van der Waals surface area contributed by atoms with E-state index in [1.54, 1.807) is 41.3 Å². The van der Waals surface area contributed by atoms with Crippen molar-refractivity contribution in [1.29, 1.82) is 5.26 Å². The van der Waals surface area contributed by atoms with Gasteiger partial charge in [0.1, 0.15) is 0 Å². The lowest BCUT2D eigenvalue weighted by Crippen LogP contribution is -2.50. The lowest BCUT2D eigenvalue weighted by molar-refractivity contribution is -0.148. The highest BCUT2D eigenvalue weighted by atomic mass is 35.5. The van der Waals surface area contributed by atoms with Gasteiger partial charge in [-0.15, -0.1) is 0 Å². The molecule has 1 aliphatic carbocycles. The maximum absolute atomic E-state index is 13.7. The van der Waals surface area contributed by atoms with Crippen molar-refractivity contribution < 1.29 is 17.9 Å². The van der Waals surface area contributed by atoms with Gasteiger partial charge in [-0.3, -0.25) is 4.79 Å². The number of amides is 1. The highest BCUT2D eigenvalue weighted by Crippen LogP contribution is 2.32. The number of carbonyl (C=O) groups excluding carboxylic acids is 1. The molecule has 1 heterocycles. The monoisotopic (exact) mass is 487 g/mol. The van der Waals surface area contributed by atoms with Gasteiger partial charge in [-0.25, -0.2) is 8.42 Å². The lowest BCUT2D eigenvalue weighted by Gasteiger charge is -2.33. The molecule has 2 aromatic rings. The summed E-state index contributed by atoms with van der Waals surface area (Å²) in [5.74, 6) is -0.519. The van der Waals surface area contributed by atoms with Gasteiger partial charge < -0.3 is 9.64 Å². The van der Waals surface area contributed by atoms with Crippen molar-refractivity contribution in [3.63, 3.8) is 0 Å². The van der Waals surface area contributed by atoms with Crippen molar-refractivity contribution in [2.24, 2.45) is 5.92 Å². The van der Waals surface area contributed by atoms with Crippen LogP contribution in [0.25, 0.3) is 0 Å². The molecule has 1 saturated heterocycles. The van der Waals surface area contributed by atoms with Crippen LogP contribution in [0.15, 0.2) is 53.4 Å². The third kappa shape index (κ3) is 5.07. The molecule has 1 amide bonds. The quantitative estimate of drug-likeness (QED) is 0.619. The summed E-state index contributed by atoms with van der Waals surface area (Å²) in [7, 11) is -3.91. The lowest BCUT2D eigenvalue weighted by atomic mass is 10.1. The molecule has 0 spiro atoms. The minimum absolute atomic E-state index is 0.104. The van der Waals surface area contributed by atoms with Crippen LogP contribution in [0, 0.1) is 24.2 Å². The summed E-state index contributed by atoms with van der Waals surface area (Å²) < 4.78 is 33.5. The van der Waals surface area contributed by atoms with E-state index in [4.69, 9.17) is 16.3 Å². The first kappa shape index (κ1) is 23.7. The van der Waals surface area contributed by atoms with Gasteiger partial charge >= 0.3 is 0 Å². The number of rotatable bonds is 6. The fraction of sp³-hybridized carbons (Fsp3) is 0.417. The summed E-state index contributed by atoms with van der Waals surface area (Å²) in [4.78, 5) is 15.5. The summed E-state index contributed by atoms with van der Waals surface area (Å²) in [5, 5.41) is 9.94. The Morgan fingerprint density at radius 1 is 1.18 bits per heavy atom. The second kappa shape index (κ2) is 9.82. The molecule has 0 radical (unpaired) electrons. The summed E-state index contributed by atoms with van der Waals surface area (Å²) >= 11 is 6.01. The standard InChI is InChI=1S/C24H26ClN3O4S/c1-17-2-10-22(11-3-17)33(30,31)28-12-13-32-24(28)23(29)27(21-9-6-19(14-21)15-26)16-18-4-7-20(25)8-5-18/h2-5,7-8,10-11,19,21,24H,6,9,12-14,16H2,1H3/t19-,21+,24+/m0/s1. The van der Waals surface area contributed by atoms with Gasteiger partial charge in [0.25, 0.3) is 5.91 Å². The topological polar surface area (TPSA) is 90.7 Å². The van der Waals surface area contributed by atoms with Gasteiger partial charge in [0, 0.05) is 30.1 Å². The Kier molecular flexibility index (Phi) is 7.05. The average Bonchev–Trinajstić information content (AvgIpc) is 3.49. The third-order valence-electron chi connectivity index (χ3n) is 6.27. The predicted molar refractivity (Wildman–Crippen MR) is 124 cm³/mol. The third-order valence-corrected chi connectivity index (χ3v) is 8.38. The van der Waals surface area contributed by atoms with Gasteiger partial charge in [0.15, 0.2) is 0 Å². The van der Waals surface area contributed by atoms with Crippen molar-refractivity contribution in [3.05, 3.63) is 64.7 Å². The molecule has 0 N–H and O–H groups in total. The molecule has 0 aromatic heterocycles. The van der Waals surface area contributed by atoms with Gasteiger partial charge in [0.2, 0.25) is 16.3 Å². The molecule has 3 atom stereocenters. The molecule has 1 saturated carbocycles. The van der Waals surface area contributed by atoms with Crippen LogP contribution in [-0.4, -0.2) is 49.0 Å². The Balaban J connectivity index is 1.62. The second-order valence-corrected chi connectivity index (χ2v) is 10.9. The number of hydrogen-bond donors (Lipinski definition) is 0. The van der Waals surface area contributed by atoms with E-state index in [1.165, 1.54) is 0 Å². The first-order valence-corrected chi connectivity index (χ1v) is 12.8. The number of benzene rings is 2. The molecule has 174 valence electrons. The smallest absolute Gasteiger partial charge is 0.268 e. The maximum atomic E-state index is 13.7. The first-order chi connectivity index (χ1) is 15.8. The highest BCUT2D eigenvalue weighted by molar-refractivity contribution is 7.89. The zero-order valence-electron chi connectivity index (χ0n) is 18.4. The second-order valence-electron chi connectivity index (χ2n) is 8.54. The highest BCUT2D eigenvalue weighted by Gasteiger charge is 2.44. The average molecular weight is 488 g/mol. The van der Waals surface area contributed by atoms with Crippen LogP contribution in [0.2, 0.25) is 5.02 Å². The molecular weight excluding hydrogens is 462 g/mol. The molecule has 1 aliphatic heterocycles. The van der Waals surface area contributed by atoms with Gasteiger partial charge in [-0.2, -0.15) is 9.57 Å². The molecule has 0 unspecified atom stereocenters. The van der Waals surface area contributed by atoms with Crippen LogP contribution < -0.4 is 0 Å². The van der Waals surface area contributed by atoms with E-state index in [9.17, 15) is 18.5 Å². The van der Waals surface area contributed by atoms with Crippen molar-refractivity contribution in [1.82, 2.24) is 9.21 Å². The van der Waals surface area contributed by atoms with Crippen molar-refractivity contribution in [3.8, 4) is 6.07 Å². The maximum Gasteiger partial charge on any atom is 0.268 e. The Labute approximate surface area is 199 Å².